The molecule has 3 heterocycles. The molecule has 0 aliphatic carbocycles. The first kappa shape index (κ1) is 13.4. The zero-order valence-electron chi connectivity index (χ0n) is 11.3. The molecule has 1 atom stereocenters. The lowest BCUT2D eigenvalue weighted by Gasteiger charge is -2.35. The highest BCUT2D eigenvalue weighted by Gasteiger charge is 2.32. The molecular formula is C13H19ClN4S. The van der Waals surface area contributed by atoms with Crippen LogP contribution in [0.5, 0.6) is 0 Å². The number of nitrogens with two attached hydrogens (primary N) is 1. The lowest BCUT2D eigenvalue weighted by molar-refractivity contribution is 0.140. The zero-order valence-corrected chi connectivity index (χ0v) is 12.9. The molecule has 2 aromatic rings. The molecular weight excluding hydrogens is 280 g/mol. The maximum atomic E-state index is 6.52. The normalized spacial score (nSPS) is 20.2. The van der Waals surface area contributed by atoms with E-state index in [9.17, 15) is 0 Å². The maximum Gasteiger partial charge on any atom is 0.195 e. The predicted molar refractivity (Wildman–Crippen MR) is 79.9 cm³/mol. The number of aromatic nitrogens is 2. The van der Waals surface area contributed by atoms with E-state index in [4.69, 9.17) is 17.3 Å². The SMILES string of the molecule is Cc1csc2nc(Cl)c(CC(C)(N)N3CCCC3)n12. The summed E-state index contributed by atoms with van der Waals surface area (Å²) >= 11 is 7.91. The predicted octanol–water partition coefficient (Wildman–Crippen LogP) is 2.67. The molecule has 0 amide bonds. The minimum absolute atomic E-state index is 0.357. The maximum absolute atomic E-state index is 6.52. The van der Waals surface area contributed by atoms with Gasteiger partial charge < -0.3 is 5.73 Å². The molecule has 1 fully saturated rings. The van der Waals surface area contributed by atoms with Crippen LogP contribution in [-0.4, -0.2) is 33.0 Å². The van der Waals surface area contributed by atoms with Crippen LogP contribution >= 0.6 is 22.9 Å². The molecule has 0 saturated carbocycles. The van der Waals surface area contributed by atoms with Crippen LogP contribution in [0.4, 0.5) is 0 Å². The minimum Gasteiger partial charge on any atom is -0.313 e. The lowest BCUT2D eigenvalue weighted by atomic mass is 10.1. The van der Waals surface area contributed by atoms with E-state index < -0.39 is 0 Å². The molecule has 2 N–H and O–H groups in total. The second-order valence-electron chi connectivity index (χ2n) is 5.57. The second kappa shape index (κ2) is 4.74. The topological polar surface area (TPSA) is 46.6 Å². The molecule has 3 rings (SSSR count). The van der Waals surface area contributed by atoms with Gasteiger partial charge >= 0.3 is 0 Å². The zero-order chi connectivity index (χ0) is 13.6. The number of halogens is 1. The Labute approximate surface area is 122 Å². The average molecular weight is 299 g/mol. The van der Waals surface area contributed by atoms with Crippen molar-refractivity contribution in [3.8, 4) is 0 Å². The van der Waals surface area contributed by atoms with Crippen molar-refractivity contribution >= 4 is 27.9 Å². The van der Waals surface area contributed by atoms with Gasteiger partial charge in [-0.15, -0.1) is 11.3 Å². The van der Waals surface area contributed by atoms with Gasteiger partial charge in [-0.05, 0) is 39.8 Å². The van der Waals surface area contributed by atoms with Crippen molar-refractivity contribution in [2.24, 2.45) is 5.73 Å². The fourth-order valence-corrected chi connectivity index (χ4v) is 4.04. The number of aryl methyl sites for hydroxylation is 1. The Bertz CT molecular complexity index is 595. The number of imidazole rings is 1. The summed E-state index contributed by atoms with van der Waals surface area (Å²) in [6, 6.07) is 0. The van der Waals surface area contributed by atoms with Crippen LogP contribution in [0.25, 0.3) is 4.96 Å². The third kappa shape index (κ3) is 2.29. The van der Waals surface area contributed by atoms with E-state index in [1.165, 1.54) is 18.5 Å². The molecule has 1 aliphatic rings. The summed E-state index contributed by atoms with van der Waals surface area (Å²) in [7, 11) is 0. The number of hydrogen-bond donors (Lipinski definition) is 1. The number of thiazole rings is 1. The van der Waals surface area contributed by atoms with Crippen LogP contribution < -0.4 is 5.73 Å². The van der Waals surface area contributed by atoms with Crippen molar-refractivity contribution in [1.29, 1.82) is 0 Å². The standard InChI is InChI=1S/C13H19ClN4S/c1-9-8-19-12-16-11(14)10(18(9)12)7-13(2,15)17-5-3-4-6-17/h8H,3-7,15H2,1-2H3. The fraction of sp³-hybridized carbons (Fsp3) is 0.615. The summed E-state index contributed by atoms with van der Waals surface area (Å²) in [5.74, 6) is 0. The Morgan fingerprint density at radius 3 is 2.84 bits per heavy atom. The Hall–Kier alpha value is -0.620. The van der Waals surface area contributed by atoms with E-state index in [0.29, 0.717) is 5.15 Å². The van der Waals surface area contributed by atoms with Crippen molar-refractivity contribution in [3.63, 3.8) is 0 Å². The van der Waals surface area contributed by atoms with Gasteiger partial charge in [0, 0.05) is 17.5 Å². The minimum atomic E-state index is -0.357. The Morgan fingerprint density at radius 1 is 1.47 bits per heavy atom. The van der Waals surface area contributed by atoms with Gasteiger partial charge in [0.2, 0.25) is 0 Å². The first-order valence-corrected chi connectivity index (χ1v) is 7.89. The third-order valence-electron chi connectivity index (χ3n) is 3.93. The highest BCUT2D eigenvalue weighted by molar-refractivity contribution is 7.15. The van der Waals surface area contributed by atoms with Crippen molar-refractivity contribution < 1.29 is 0 Å². The molecule has 1 aliphatic heterocycles. The van der Waals surface area contributed by atoms with Crippen LogP contribution in [0.2, 0.25) is 5.15 Å². The number of fused-ring (bicyclic) bond motifs is 1. The van der Waals surface area contributed by atoms with Crippen molar-refractivity contribution in [1.82, 2.24) is 14.3 Å². The molecule has 4 nitrogen and oxygen atoms in total. The van der Waals surface area contributed by atoms with Crippen molar-refractivity contribution in [3.05, 3.63) is 21.9 Å². The fourth-order valence-electron chi connectivity index (χ4n) is 2.87. The van der Waals surface area contributed by atoms with Crippen molar-refractivity contribution in [2.75, 3.05) is 13.1 Å². The van der Waals surface area contributed by atoms with Crippen LogP contribution in [0.3, 0.4) is 0 Å². The van der Waals surface area contributed by atoms with Gasteiger partial charge in [-0.1, -0.05) is 11.6 Å². The smallest absolute Gasteiger partial charge is 0.195 e. The molecule has 6 heteroatoms. The van der Waals surface area contributed by atoms with Gasteiger partial charge in [-0.2, -0.15) is 0 Å². The first-order valence-electron chi connectivity index (χ1n) is 6.64. The second-order valence-corrected chi connectivity index (χ2v) is 6.77. The van der Waals surface area contributed by atoms with E-state index >= 15 is 0 Å². The molecule has 0 radical (unpaired) electrons. The highest BCUT2D eigenvalue weighted by atomic mass is 35.5. The van der Waals surface area contributed by atoms with Gasteiger partial charge in [0.25, 0.3) is 0 Å². The summed E-state index contributed by atoms with van der Waals surface area (Å²) < 4.78 is 2.13. The van der Waals surface area contributed by atoms with Gasteiger partial charge in [0.1, 0.15) is 0 Å². The molecule has 0 aromatic carbocycles. The lowest BCUT2D eigenvalue weighted by Crippen LogP contribution is -2.54. The molecule has 0 bridgehead atoms. The van der Waals surface area contributed by atoms with E-state index in [0.717, 1.165) is 30.2 Å². The largest absolute Gasteiger partial charge is 0.313 e. The van der Waals surface area contributed by atoms with Crippen LogP contribution in [0.1, 0.15) is 31.2 Å². The number of hydrogen-bond acceptors (Lipinski definition) is 4. The van der Waals surface area contributed by atoms with E-state index in [1.54, 1.807) is 11.3 Å². The van der Waals surface area contributed by atoms with E-state index in [2.05, 4.69) is 33.5 Å². The first-order chi connectivity index (χ1) is 8.99. The average Bonchev–Trinajstić information content (AvgIpc) is 3.01. The highest BCUT2D eigenvalue weighted by Crippen LogP contribution is 2.28. The molecule has 0 spiro atoms. The summed E-state index contributed by atoms with van der Waals surface area (Å²) in [4.78, 5) is 7.72. The van der Waals surface area contributed by atoms with Crippen LogP contribution in [0, 0.1) is 6.92 Å². The summed E-state index contributed by atoms with van der Waals surface area (Å²) in [5, 5.41) is 2.69. The van der Waals surface area contributed by atoms with E-state index in [1.807, 2.05) is 0 Å². The summed E-state index contributed by atoms with van der Waals surface area (Å²) in [6.07, 6.45) is 3.20. The molecule has 1 unspecified atom stereocenters. The Morgan fingerprint density at radius 2 is 2.16 bits per heavy atom. The number of rotatable bonds is 3. The van der Waals surface area contributed by atoms with Gasteiger partial charge in [0.05, 0.1) is 11.4 Å². The van der Waals surface area contributed by atoms with Gasteiger partial charge in [0.15, 0.2) is 10.1 Å². The number of likely N-dealkylation sites (tertiary alicyclic amines) is 1. The Balaban J connectivity index is 1.95. The van der Waals surface area contributed by atoms with Crippen LogP contribution in [0.15, 0.2) is 5.38 Å². The summed E-state index contributed by atoms with van der Waals surface area (Å²) in [6.45, 7) is 6.33. The number of nitrogens with zero attached hydrogens (tertiary/aromatic N) is 3. The monoisotopic (exact) mass is 298 g/mol. The molecule has 19 heavy (non-hydrogen) atoms. The molecule has 104 valence electrons. The van der Waals surface area contributed by atoms with Gasteiger partial charge in [-0.25, -0.2) is 4.98 Å². The molecule has 1 saturated heterocycles. The van der Waals surface area contributed by atoms with Crippen molar-refractivity contribution in [2.45, 2.75) is 38.8 Å². The Kier molecular flexibility index (Phi) is 3.33. The quantitative estimate of drug-likeness (QED) is 0.947. The summed E-state index contributed by atoms with van der Waals surface area (Å²) in [5.41, 5.74) is 8.37. The van der Waals surface area contributed by atoms with Gasteiger partial charge in [-0.3, -0.25) is 9.30 Å². The van der Waals surface area contributed by atoms with Crippen LogP contribution in [-0.2, 0) is 6.42 Å². The van der Waals surface area contributed by atoms with E-state index in [-0.39, 0.29) is 5.66 Å². The molecule has 2 aromatic heterocycles. The third-order valence-corrected chi connectivity index (χ3v) is 5.18.